The third-order valence-corrected chi connectivity index (χ3v) is 5.07. The van der Waals surface area contributed by atoms with Crippen molar-refractivity contribution in [1.29, 1.82) is 0 Å². The summed E-state index contributed by atoms with van der Waals surface area (Å²) in [5, 5.41) is 5.36. The second-order valence-corrected chi connectivity index (χ2v) is 7.22. The highest BCUT2D eigenvalue weighted by Crippen LogP contribution is 2.40. The van der Waals surface area contributed by atoms with Crippen molar-refractivity contribution >= 4 is 27.9 Å². The van der Waals surface area contributed by atoms with Crippen LogP contribution in [0.2, 0.25) is 0 Å². The first-order valence-corrected chi connectivity index (χ1v) is 9.64. The molecule has 7 nitrogen and oxygen atoms in total. The van der Waals surface area contributed by atoms with E-state index in [-0.39, 0.29) is 0 Å². The summed E-state index contributed by atoms with van der Waals surface area (Å²) in [5.41, 5.74) is 2.42. The van der Waals surface area contributed by atoms with Crippen molar-refractivity contribution in [3.63, 3.8) is 0 Å². The van der Waals surface area contributed by atoms with E-state index in [9.17, 15) is 9.59 Å². The Labute approximate surface area is 177 Å². The first kappa shape index (κ1) is 20.7. The number of hydrogen-bond acceptors (Lipinski definition) is 5. The van der Waals surface area contributed by atoms with E-state index in [1.165, 1.54) is 14.2 Å². The summed E-state index contributed by atoms with van der Waals surface area (Å²) in [6, 6.07) is 12.2. The van der Waals surface area contributed by atoms with Crippen LogP contribution in [0.5, 0.6) is 11.5 Å². The van der Waals surface area contributed by atoms with Crippen LogP contribution in [0, 0.1) is 0 Å². The highest BCUT2D eigenvalue weighted by molar-refractivity contribution is 9.10. The summed E-state index contributed by atoms with van der Waals surface area (Å²) in [7, 11) is 2.83. The van der Waals surface area contributed by atoms with Crippen LogP contribution >= 0.6 is 15.9 Å². The van der Waals surface area contributed by atoms with Crippen molar-refractivity contribution < 1.29 is 23.8 Å². The zero-order valence-electron chi connectivity index (χ0n) is 16.2. The number of rotatable bonds is 6. The van der Waals surface area contributed by atoms with Crippen LogP contribution in [0.25, 0.3) is 0 Å². The average Bonchev–Trinajstić information content (AvgIpc) is 2.72. The van der Waals surface area contributed by atoms with E-state index in [1.54, 1.807) is 19.1 Å². The Hall–Kier alpha value is -3.00. The minimum Gasteiger partial charge on any atom is -0.493 e. The van der Waals surface area contributed by atoms with Gasteiger partial charge in [0.15, 0.2) is 11.5 Å². The molecule has 152 valence electrons. The second kappa shape index (κ2) is 9.00. The van der Waals surface area contributed by atoms with Gasteiger partial charge >= 0.3 is 12.0 Å². The molecule has 1 heterocycles. The van der Waals surface area contributed by atoms with E-state index in [0.29, 0.717) is 39.4 Å². The van der Waals surface area contributed by atoms with Crippen LogP contribution < -0.4 is 20.1 Å². The van der Waals surface area contributed by atoms with Gasteiger partial charge in [-0.1, -0.05) is 30.3 Å². The first-order valence-electron chi connectivity index (χ1n) is 8.85. The molecule has 0 aromatic heterocycles. The van der Waals surface area contributed by atoms with Gasteiger partial charge in [0.2, 0.25) is 0 Å². The SMILES string of the molecule is COC(=O)C1=C(C)NC(=O)N[C@H]1c1cc(Br)c(OCc2ccccc2)c(OC)c1. The van der Waals surface area contributed by atoms with Crippen LogP contribution in [-0.4, -0.2) is 26.2 Å². The normalized spacial score (nSPS) is 16.0. The summed E-state index contributed by atoms with van der Waals surface area (Å²) in [6.45, 7) is 2.02. The topological polar surface area (TPSA) is 85.9 Å². The molecule has 1 atom stereocenters. The molecule has 1 aliphatic rings. The van der Waals surface area contributed by atoms with Gasteiger partial charge in [-0.3, -0.25) is 0 Å². The van der Waals surface area contributed by atoms with E-state index in [0.717, 1.165) is 5.56 Å². The van der Waals surface area contributed by atoms with Gasteiger partial charge < -0.3 is 24.8 Å². The standard InChI is InChI=1S/C21H21BrN2O5/c1-12-17(20(25)28-3)18(24-21(26)23-12)14-9-15(22)19(16(10-14)27-2)29-11-13-7-5-4-6-8-13/h4-10,18H,11H2,1-3H3,(H2,23,24,26)/t18-/m0/s1. The molecule has 0 spiro atoms. The van der Waals surface area contributed by atoms with Crippen LogP contribution in [0.1, 0.15) is 24.1 Å². The predicted molar refractivity (Wildman–Crippen MR) is 111 cm³/mol. The Morgan fingerprint density at radius 3 is 2.55 bits per heavy atom. The molecule has 0 saturated heterocycles. The monoisotopic (exact) mass is 460 g/mol. The molecule has 2 N–H and O–H groups in total. The highest BCUT2D eigenvalue weighted by atomic mass is 79.9. The third kappa shape index (κ3) is 4.54. The molecular weight excluding hydrogens is 440 g/mol. The number of esters is 1. The van der Waals surface area contributed by atoms with Gasteiger partial charge in [0.1, 0.15) is 6.61 Å². The quantitative estimate of drug-likeness (QED) is 0.639. The molecular formula is C21H21BrN2O5. The van der Waals surface area contributed by atoms with Gasteiger partial charge in [0, 0.05) is 5.70 Å². The molecule has 29 heavy (non-hydrogen) atoms. The van der Waals surface area contributed by atoms with Crippen molar-refractivity contribution in [2.24, 2.45) is 0 Å². The van der Waals surface area contributed by atoms with Crippen molar-refractivity contribution in [1.82, 2.24) is 10.6 Å². The van der Waals surface area contributed by atoms with Crippen LogP contribution in [0.15, 0.2) is 58.2 Å². The molecule has 3 rings (SSSR count). The summed E-state index contributed by atoms with van der Waals surface area (Å²) < 4.78 is 17.0. The fraction of sp³-hybridized carbons (Fsp3) is 0.238. The molecule has 0 radical (unpaired) electrons. The summed E-state index contributed by atoms with van der Waals surface area (Å²) in [4.78, 5) is 24.3. The lowest BCUT2D eigenvalue weighted by Gasteiger charge is -2.28. The van der Waals surface area contributed by atoms with Crippen molar-refractivity contribution in [3.05, 3.63) is 69.3 Å². The number of carbonyl (C=O) groups is 2. The summed E-state index contributed by atoms with van der Waals surface area (Å²) >= 11 is 3.52. The molecule has 0 bridgehead atoms. The van der Waals surface area contributed by atoms with Crippen LogP contribution in [-0.2, 0) is 16.1 Å². The van der Waals surface area contributed by atoms with Crippen molar-refractivity contribution in [2.45, 2.75) is 19.6 Å². The maximum Gasteiger partial charge on any atom is 0.337 e. The smallest absolute Gasteiger partial charge is 0.337 e. The van der Waals surface area contributed by atoms with Gasteiger partial charge in [-0.05, 0) is 46.1 Å². The minimum atomic E-state index is -0.690. The molecule has 0 unspecified atom stereocenters. The van der Waals surface area contributed by atoms with Gasteiger partial charge in [0.25, 0.3) is 0 Å². The number of benzene rings is 2. The van der Waals surface area contributed by atoms with Gasteiger partial charge in [-0.25, -0.2) is 9.59 Å². The first-order chi connectivity index (χ1) is 13.9. The van der Waals surface area contributed by atoms with E-state index >= 15 is 0 Å². The number of allylic oxidation sites excluding steroid dienone is 1. The number of ether oxygens (including phenoxy) is 3. The molecule has 0 fully saturated rings. The molecule has 8 heteroatoms. The number of nitrogens with one attached hydrogen (secondary N) is 2. The number of halogens is 1. The predicted octanol–water partition coefficient (Wildman–Crippen LogP) is 3.84. The summed E-state index contributed by atoms with van der Waals surface area (Å²) in [6.07, 6.45) is 0. The molecule has 0 saturated carbocycles. The maximum atomic E-state index is 12.3. The second-order valence-electron chi connectivity index (χ2n) is 6.37. The number of methoxy groups -OCH3 is 2. The average molecular weight is 461 g/mol. The minimum absolute atomic E-state index is 0.319. The van der Waals surface area contributed by atoms with E-state index in [2.05, 4.69) is 26.6 Å². The van der Waals surface area contributed by atoms with Crippen molar-refractivity contribution in [2.75, 3.05) is 14.2 Å². The number of amides is 2. The fourth-order valence-corrected chi connectivity index (χ4v) is 3.67. The molecule has 0 aliphatic carbocycles. The Morgan fingerprint density at radius 2 is 1.90 bits per heavy atom. The number of carbonyl (C=O) groups excluding carboxylic acids is 2. The third-order valence-electron chi connectivity index (χ3n) is 4.49. The van der Waals surface area contributed by atoms with Gasteiger partial charge in [-0.15, -0.1) is 0 Å². The van der Waals surface area contributed by atoms with E-state index < -0.39 is 18.0 Å². The lowest BCUT2D eigenvalue weighted by atomic mass is 9.95. The Morgan fingerprint density at radius 1 is 1.17 bits per heavy atom. The summed E-state index contributed by atoms with van der Waals surface area (Å²) in [5.74, 6) is 0.472. The fourth-order valence-electron chi connectivity index (χ4n) is 3.10. The Bertz CT molecular complexity index is 959. The Kier molecular flexibility index (Phi) is 6.43. The zero-order chi connectivity index (χ0) is 21.0. The van der Waals surface area contributed by atoms with E-state index in [4.69, 9.17) is 14.2 Å². The van der Waals surface area contributed by atoms with Crippen molar-refractivity contribution in [3.8, 4) is 11.5 Å². The Balaban J connectivity index is 1.96. The molecule has 1 aliphatic heterocycles. The lowest BCUT2D eigenvalue weighted by Crippen LogP contribution is -2.45. The number of hydrogen-bond donors (Lipinski definition) is 2. The highest BCUT2D eigenvalue weighted by Gasteiger charge is 2.33. The van der Waals surface area contributed by atoms with E-state index in [1.807, 2.05) is 30.3 Å². The molecule has 2 aromatic rings. The maximum absolute atomic E-state index is 12.3. The zero-order valence-corrected chi connectivity index (χ0v) is 17.8. The number of urea groups is 1. The van der Waals surface area contributed by atoms with Crippen LogP contribution in [0.3, 0.4) is 0 Å². The molecule has 2 amide bonds. The van der Waals surface area contributed by atoms with Gasteiger partial charge in [-0.2, -0.15) is 0 Å². The molecule has 2 aromatic carbocycles. The largest absolute Gasteiger partial charge is 0.493 e. The lowest BCUT2D eigenvalue weighted by molar-refractivity contribution is -0.136. The van der Waals surface area contributed by atoms with Gasteiger partial charge in [0.05, 0.1) is 30.3 Å². The van der Waals surface area contributed by atoms with Crippen LogP contribution in [0.4, 0.5) is 4.79 Å².